The molecule has 1 aromatic rings. The van der Waals surface area contributed by atoms with E-state index >= 15 is 0 Å². The summed E-state index contributed by atoms with van der Waals surface area (Å²) in [5.74, 6) is -3.46. The Morgan fingerprint density at radius 2 is 1.32 bits per heavy atom. The fraction of sp³-hybridized carbons (Fsp3) is 0.440. The van der Waals surface area contributed by atoms with Crippen molar-refractivity contribution in [2.75, 3.05) is 4.90 Å². The van der Waals surface area contributed by atoms with Crippen LogP contribution in [0.25, 0.3) is 0 Å². The summed E-state index contributed by atoms with van der Waals surface area (Å²) in [5, 5.41) is 0.175. The van der Waals surface area contributed by atoms with Crippen molar-refractivity contribution in [2.24, 2.45) is 4.99 Å². The van der Waals surface area contributed by atoms with E-state index < -0.39 is 53.9 Å². The molecule has 0 bridgehead atoms. The first-order valence-electron chi connectivity index (χ1n) is 11.6. The number of anilines is 1. The molecule has 3 rings (SSSR count). The molecule has 0 N–H and O–H groups in total. The third kappa shape index (κ3) is 6.78. The van der Waals surface area contributed by atoms with Crippen molar-refractivity contribution in [3.63, 3.8) is 0 Å². The molecule has 1 saturated heterocycles. The van der Waals surface area contributed by atoms with Gasteiger partial charge in [-0.15, -0.1) is 0 Å². The zero-order chi connectivity index (χ0) is 28.1. The summed E-state index contributed by atoms with van der Waals surface area (Å²) in [6.45, 7) is 7.96. The topological polar surface area (TPSA) is 147 Å². The molecule has 0 radical (unpaired) electrons. The van der Waals surface area contributed by atoms with E-state index in [0.29, 0.717) is 11.3 Å². The highest BCUT2D eigenvalue weighted by atomic mass is 32.2. The minimum atomic E-state index is -1.53. The molecule has 5 atom stereocenters. The fourth-order valence-electron chi connectivity index (χ4n) is 3.79. The molecule has 0 unspecified atom stereocenters. The first-order chi connectivity index (χ1) is 17.9. The third-order valence-corrected chi connectivity index (χ3v) is 6.25. The molecule has 2 aliphatic rings. The van der Waals surface area contributed by atoms with E-state index in [1.54, 1.807) is 44.2 Å². The zero-order valence-electron chi connectivity index (χ0n) is 21.7. The summed E-state index contributed by atoms with van der Waals surface area (Å²) in [6, 6.07) is 8.72. The molecule has 13 heteroatoms. The largest absolute Gasteiger partial charge is 0.455 e. The second-order valence-corrected chi connectivity index (χ2v) is 9.61. The van der Waals surface area contributed by atoms with Gasteiger partial charge in [-0.3, -0.25) is 28.9 Å². The van der Waals surface area contributed by atoms with Gasteiger partial charge in [0.25, 0.3) is 5.91 Å². The van der Waals surface area contributed by atoms with Crippen LogP contribution in [0.2, 0.25) is 0 Å². The maximum atomic E-state index is 13.3. The molecule has 0 spiro atoms. The lowest BCUT2D eigenvalue weighted by Gasteiger charge is -2.43. The van der Waals surface area contributed by atoms with Crippen molar-refractivity contribution in [1.29, 1.82) is 0 Å². The van der Waals surface area contributed by atoms with Crippen LogP contribution in [-0.2, 0) is 47.7 Å². The second-order valence-electron chi connectivity index (χ2n) is 8.54. The first-order valence-corrected chi connectivity index (χ1v) is 12.4. The highest BCUT2D eigenvalue weighted by Gasteiger charge is 2.54. The molecule has 1 fully saturated rings. The number of rotatable bonds is 6. The average molecular weight is 549 g/mol. The molecule has 2 heterocycles. The molecule has 2 aliphatic heterocycles. The lowest BCUT2D eigenvalue weighted by atomic mass is 10.0. The number of nitrogens with zero attached hydrogens (tertiary/aromatic N) is 2. The molecule has 1 amide bonds. The highest BCUT2D eigenvalue weighted by molar-refractivity contribution is 8.14. The maximum absolute atomic E-state index is 13.3. The monoisotopic (exact) mass is 548 g/mol. The molecular formula is C25H28N2O10S. The molecule has 1 aromatic carbocycles. The van der Waals surface area contributed by atoms with E-state index in [1.807, 2.05) is 0 Å². The minimum Gasteiger partial charge on any atom is -0.455 e. The van der Waals surface area contributed by atoms with Crippen molar-refractivity contribution < 1.29 is 47.7 Å². The molecule has 0 aromatic heterocycles. The van der Waals surface area contributed by atoms with Gasteiger partial charge in [0, 0.05) is 27.7 Å². The number of para-hydroxylation sites is 1. The van der Waals surface area contributed by atoms with Crippen LogP contribution in [0.4, 0.5) is 5.69 Å². The summed E-state index contributed by atoms with van der Waals surface area (Å²) in [6.07, 6.45) is -5.74. The van der Waals surface area contributed by atoms with E-state index in [0.717, 1.165) is 39.5 Å². The molecular weight excluding hydrogens is 520 g/mol. The van der Waals surface area contributed by atoms with Gasteiger partial charge >= 0.3 is 23.9 Å². The second kappa shape index (κ2) is 12.2. The number of amides is 1. The van der Waals surface area contributed by atoms with Crippen molar-refractivity contribution in [3.8, 4) is 0 Å². The van der Waals surface area contributed by atoms with Gasteiger partial charge in [-0.05, 0) is 31.6 Å². The molecule has 12 nitrogen and oxygen atoms in total. The van der Waals surface area contributed by atoms with E-state index in [9.17, 15) is 24.0 Å². The molecule has 0 aliphatic carbocycles. The predicted octanol–water partition coefficient (Wildman–Crippen LogP) is 2.46. The summed E-state index contributed by atoms with van der Waals surface area (Å²) in [4.78, 5) is 66.9. The SMILES string of the molecule is CC(=O)O[C@H]1O[C@@H](SC2=NC(=C(C)C)C(=O)N2c2ccccc2)[C@H](OC(C)=O)[C@@H](OC(C)=O)[C@@H]1OC(C)=O. The van der Waals surface area contributed by atoms with E-state index in [2.05, 4.69) is 4.99 Å². The van der Waals surface area contributed by atoms with Crippen LogP contribution in [-0.4, -0.2) is 65.0 Å². The van der Waals surface area contributed by atoms with Crippen molar-refractivity contribution >= 4 is 52.4 Å². The molecule has 0 saturated carbocycles. The first kappa shape index (κ1) is 28.9. The number of allylic oxidation sites excluding steroid dienone is 1. The van der Waals surface area contributed by atoms with Gasteiger partial charge in [0.15, 0.2) is 22.8 Å². The van der Waals surface area contributed by atoms with Crippen molar-refractivity contribution in [2.45, 2.75) is 71.6 Å². The molecule has 204 valence electrons. The summed E-state index contributed by atoms with van der Waals surface area (Å²) in [5.41, 5.74) is 0.180. The zero-order valence-corrected chi connectivity index (χ0v) is 22.5. The quantitative estimate of drug-likeness (QED) is 0.293. The smallest absolute Gasteiger partial charge is 0.305 e. The van der Waals surface area contributed by atoms with E-state index in [1.165, 1.54) is 4.90 Å². The van der Waals surface area contributed by atoms with Crippen molar-refractivity contribution in [1.82, 2.24) is 0 Å². The van der Waals surface area contributed by atoms with Gasteiger partial charge in [-0.2, -0.15) is 0 Å². The molecule has 38 heavy (non-hydrogen) atoms. The maximum Gasteiger partial charge on any atom is 0.305 e. The van der Waals surface area contributed by atoms with Gasteiger partial charge in [0.05, 0.1) is 5.69 Å². The van der Waals surface area contributed by atoms with Gasteiger partial charge < -0.3 is 23.7 Å². The number of ether oxygens (including phenoxy) is 5. The van der Waals surface area contributed by atoms with Crippen LogP contribution in [0.5, 0.6) is 0 Å². The van der Waals surface area contributed by atoms with Crippen LogP contribution >= 0.6 is 11.8 Å². The highest BCUT2D eigenvalue weighted by Crippen LogP contribution is 2.38. The van der Waals surface area contributed by atoms with Gasteiger partial charge in [0.1, 0.15) is 5.70 Å². The van der Waals surface area contributed by atoms with E-state index in [4.69, 9.17) is 23.7 Å². The van der Waals surface area contributed by atoms with Gasteiger partial charge in [0.2, 0.25) is 12.4 Å². The van der Waals surface area contributed by atoms with Crippen LogP contribution in [0.1, 0.15) is 41.5 Å². The third-order valence-electron chi connectivity index (χ3n) is 5.15. The number of aliphatic imine (C=N–C) groups is 1. The number of carbonyl (C=O) groups excluding carboxylic acids is 5. The number of esters is 4. The average Bonchev–Trinajstić information content (AvgIpc) is 3.14. The number of benzene rings is 1. The number of hydrogen-bond donors (Lipinski definition) is 0. The Hall–Kier alpha value is -3.71. The van der Waals surface area contributed by atoms with Crippen molar-refractivity contribution in [3.05, 3.63) is 41.6 Å². The van der Waals surface area contributed by atoms with Gasteiger partial charge in [-0.25, -0.2) is 4.99 Å². The predicted molar refractivity (Wildman–Crippen MR) is 134 cm³/mol. The standard InChI is InChI=1S/C25H28N2O10S/c1-12(2)18-22(32)27(17-10-8-7-9-11-17)25(26-18)38-24-21(35-15(5)30)19(33-13(3)28)20(34-14(4)29)23(37-24)36-16(6)31/h7-11,19-21,23-24H,1-6H3/t19-,20-,21+,23-,24-/m0/s1. The lowest BCUT2D eigenvalue weighted by molar-refractivity contribution is -0.280. The Bertz CT molecular complexity index is 1180. The Labute approximate surface area is 223 Å². The lowest BCUT2D eigenvalue weighted by Crippen LogP contribution is -2.61. The Balaban J connectivity index is 2.09. The Kier molecular flexibility index (Phi) is 9.28. The van der Waals surface area contributed by atoms with Crippen LogP contribution in [0, 0.1) is 0 Å². The normalized spacial score (nSPS) is 24.8. The fourth-order valence-corrected chi connectivity index (χ4v) is 4.95. The van der Waals surface area contributed by atoms with E-state index in [-0.39, 0.29) is 16.8 Å². The van der Waals surface area contributed by atoms with Crippen LogP contribution in [0.3, 0.4) is 0 Å². The van der Waals surface area contributed by atoms with Crippen LogP contribution < -0.4 is 4.90 Å². The minimum absolute atomic E-state index is 0.175. The number of hydrogen-bond acceptors (Lipinski definition) is 12. The summed E-state index contributed by atoms with van der Waals surface area (Å²) in [7, 11) is 0. The number of carbonyl (C=O) groups is 5. The summed E-state index contributed by atoms with van der Waals surface area (Å²) < 4.78 is 27.4. The van der Waals surface area contributed by atoms with Gasteiger partial charge in [-0.1, -0.05) is 30.0 Å². The summed E-state index contributed by atoms with van der Waals surface area (Å²) >= 11 is 0.887. The number of thioether (sulfide) groups is 1. The number of amidine groups is 1. The Morgan fingerprint density at radius 3 is 1.84 bits per heavy atom. The van der Waals surface area contributed by atoms with Crippen LogP contribution in [0.15, 0.2) is 46.6 Å². The Morgan fingerprint density at radius 1 is 0.789 bits per heavy atom.